The van der Waals surface area contributed by atoms with Crippen molar-refractivity contribution in [2.75, 3.05) is 7.11 Å². The fourth-order valence-electron chi connectivity index (χ4n) is 2.43. The van der Waals surface area contributed by atoms with Crippen molar-refractivity contribution in [1.82, 2.24) is 4.40 Å². The lowest BCUT2D eigenvalue weighted by Crippen LogP contribution is -1.96. The number of ether oxygens (including phenoxy) is 1. The van der Waals surface area contributed by atoms with Crippen LogP contribution in [0.3, 0.4) is 0 Å². The molecule has 0 spiro atoms. The predicted octanol–water partition coefficient (Wildman–Crippen LogP) is 3.82. The molecule has 100 valence electrons. The quantitative estimate of drug-likeness (QED) is 0.674. The van der Waals surface area contributed by atoms with E-state index in [1.165, 1.54) is 0 Å². The molecule has 0 amide bonds. The Kier molecular flexibility index (Phi) is 3.03. The molecule has 3 heteroatoms. The van der Waals surface area contributed by atoms with Gasteiger partial charge in [-0.2, -0.15) is 0 Å². The van der Waals surface area contributed by atoms with E-state index in [0.717, 1.165) is 22.4 Å². The van der Waals surface area contributed by atoms with Crippen molar-refractivity contribution in [3.63, 3.8) is 0 Å². The number of methoxy groups -OCH3 is 1. The maximum absolute atomic E-state index is 11.8. The van der Waals surface area contributed by atoms with Crippen LogP contribution in [0.1, 0.15) is 17.4 Å². The van der Waals surface area contributed by atoms with E-state index < -0.39 is 0 Å². The average molecular weight is 265 g/mol. The lowest BCUT2D eigenvalue weighted by molar-refractivity contribution is 0.101. The van der Waals surface area contributed by atoms with Crippen LogP contribution < -0.4 is 4.74 Å². The summed E-state index contributed by atoms with van der Waals surface area (Å²) in [7, 11) is 1.65. The highest BCUT2D eigenvalue weighted by molar-refractivity contribution is 5.98. The number of fused-ring (bicyclic) bond motifs is 1. The second-order valence-electron chi connectivity index (χ2n) is 4.68. The van der Waals surface area contributed by atoms with E-state index in [9.17, 15) is 4.79 Å². The summed E-state index contributed by atoms with van der Waals surface area (Å²) in [5, 5.41) is 0. The number of hydrogen-bond acceptors (Lipinski definition) is 2. The third-order valence-corrected chi connectivity index (χ3v) is 3.44. The lowest BCUT2D eigenvalue weighted by atomic mass is 10.1. The van der Waals surface area contributed by atoms with E-state index in [1.54, 1.807) is 14.0 Å². The van der Waals surface area contributed by atoms with Crippen LogP contribution in [0.5, 0.6) is 5.75 Å². The molecule has 0 aliphatic rings. The zero-order valence-electron chi connectivity index (χ0n) is 11.5. The van der Waals surface area contributed by atoms with E-state index in [2.05, 4.69) is 0 Å². The molecule has 2 aromatic heterocycles. The zero-order chi connectivity index (χ0) is 14.1. The molecule has 0 aliphatic carbocycles. The van der Waals surface area contributed by atoms with Crippen LogP contribution in [0.4, 0.5) is 0 Å². The summed E-state index contributed by atoms with van der Waals surface area (Å²) in [4.78, 5) is 11.8. The number of ketones is 1. The number of hydrogen-bond donors (Lipinski definition) is 0. The fourth-order valence-corrected chi connectivity index (χ4v) is 2.43. The highest BCUT2D eigenvalue weighted by atomic mass is 16.5. The third-order valence-electron chi connectivity index (χ3n) is 3.44. The van der Waals surface area contributed by atoms with E-state index in [-0.39, 0.29) is 5.78 Å². The van der Waals surface area contributed by atoms with E-state index in [0.29, 0.717) is 5.69 Å². The average Bonchev–Trinajstić information content (AvgIpc) is 2.87. The molecule has 0 unspecified atom stereocenters. The molecule has 0 N–H and O–H groups in total. The number of carbonyl (C=O) groups excluding carboxylic acids is 1. The van der Waals surface area contributed by atoms with Gasteiger partial charge < -0.3 is 9.14 Å². The Morgan fingerprint density at radius 1 is 1.10 bits per heavy atom. The van der Waals surface area contributed by atoms with Crippen LogP contribution in [-0.4, -0.2) is 17.3 Å². The molecule has 2 heterocycles. The van der Waals surface area contributed by atoms with Crippen LogP contribution in [0, 0.1) is 0 Å². The highest BCUT2D eigenvalue weighted by Gasteiger charge is 2.12. The summed E-state index contributed by atoms with van der Waals surface area (Å²) in [6.45, 7) is 1.59. The van der Waals surface area contributed by atoms with Crippen molar-refractivity contribution in [2.24, 2.45) is 0 Å². The van der Waals surface area contributed by atoms with Gasteiger partial charge in [-0.25, -0.2) is 0 Å². The van der Waals surface area contributed by atoms with Crippen LogP contribution in [0.2, 0.25) is 0 Å². The number of Topliss-reactive ketones (excluding diaryl/α,β-unsaturated/α-hetero) is 1. The summed E-state index contributed by atoms with van der Waals surface area (Å²) in [6, 6.07) is 15.7. The van der Waals surface area contributed by atoms with Crippen molar-refractivity contribution >= 4 is 11.3 Å². The van der Waals surface area contributed by atoms with Crippen molar-refractivity contribution in [3.05, 3.63) is 60.4 Å². The van der Waals surface area contributed by atoms with Gasteiger partial charge in [0.15, 0.2) is 5.78 Å². The zero-order valence-corrected chi connectivity index (χ0v) is 11.5. The molecule has 3 aromatic rings. The van der Waals surface area contributed by atoms with Gasteiger partial charge in [-0.1, -0.05) is 18.2 Å². The highest BCUT2D eigenvalue weighted by Crippen LogP contribution is 2.29. The first kappa shape index (κ1) is 12.5. The van der Waals surface area contributed by atoms with Gasteiger partial charge >= 0.3 is 0 Å². The summed E-state index contributed by atoms with van der Waals surface area (Å²) in [6.07, 6.45) is 1.92. The molecule has 1 aromatic carbocycles. The Balaban J connectivity index is 2.22. The van der Waals surface area contributed by atoms with Gasteiger partial charge in [-0.15, -0.1) is 0 Å². The van der Waals surface area contributed by atoms with Gasteiger partial charge in [0.2, 0.25) is 0 Å². The monoisotopic (exact) mass is 265 g/mol. The Morgan fingerprint density at radius 2 is 1.85 bits per heavy atom. The van der Waals surface area contributed by atoms with Crippen LogP contribution in [-0.2, 0) is 0 Å². The Bertz CT molecular complexity index is 769. The molecule has 3 rings (SSSR count). The van der Waals surface area contributed by atoms with Crippen LogP contribution in [0.15, 0.2) is 54.7 Å². The second-order valence-corrected chi connectivity index (χ2v) is 4.68. The van der Waals surface area contributed by atoms with Crippen molar-refractivity contribution in [3.8, 4) is 16.9 Å². The molecule has 0 saturated carbocycles. The van der Waals surface area contributed by atoms with E-state index >= 15 is 0 Å². The first-order valence-electron chi connectivity index (χ1n) is 6.46. The molecule has 0 bridgehead atoms. The van der Waals surface area contributed by atoms with Crippen LogP contribution >= 0.6 is 0 Å². The summed E-state index contributed by atoms with van der Waals surface area (Å²) < 4.78 is 7.11. The topological polar surface area (TPSA) is 30.7 Å². The fraction of sp³-hybridized carbons (Fsp3) is 0.118. The molecule has 20 heavy (non-hydrogen) atoms. The van der Waals surface area contributed by atoms with Gasteiger partial charge in [0.25, 0.3) is 0 Å². The first-order valence-corrected chi connectivity index (χ1v) is 6.46. The normalized spacial score (nSPS) is 10.7. The molecule has 0 atom stereocenters. The number of benzene rings is 1. The molecular formula is C17H15NO2. The lowest BCUT2D eigenvalue weighted by Gasteiger charge is -2.03. The van der Waals surface area contributed by atoms with Gasteiger partial charge in [0.05, 0.1) is 18.3 Å². The molecule has 0 radical (unpaired) electrons. The Morgan fingerprint density at radius 3 is 2.50 bits per heavy atom. The van der Waals surface area contributed by atoms with Crippen molar-refractivity contribution in [2.45, 2.75) is 6.92 Å². The van der Waals surface area contributed by atoms with Gasteiger partial charge in [0.1, 0.15) is 5.75 Å². The molecule has 0 aliphatic heterocycles. The number of rotatable bonds is 3. The largest absolute Gasteiger partial charge is 0.497 e. The maximum atomic E-state index is 11.8. The van der Waals surface area contributed by atoms with Gasteiger partial charge in [0, 0.05) is 18.7 Å². The Labute approximate surface area is 117 Å². The minimum absolute atomic E-state index is 0.0611. The SMILES string of the molecule is COc1ccc(-c2cc(C(C)=O)n3ccccc23)cc1. The smallest absolute Gasteiger partial charge is 0.176 e. The van der Waals surface area contributed by atoms with Crippen molar-refractivity contribution in [1.29, 1.82) is 0 Å². The standard InChI is InChI=1S/C17H15NO2/c1-12(19)17-11-15(16-5-3-4-10-18(16)17)13-6-8-14(20-2)9-7-13/h3-11H,1-2H3. The third kappa shape index (κ3) is 1.97. The van der Waals surface area contributed by atoms with Gasteiger partial charge in [-0.05, 0) is 35.9 Å². The molecular weight excluding hydrogens is 250 g/mol. The minimum Gasteiger partial charge on any atom is -0.497 e. The summed E-state index contributed by atoms with van der Waals surface area (Å²) in [5.74, 6) is 0.884. The minimum atomic E-state index is 0.0611. The number of carbonyl (C=O) groups is 1. The number of nitrogens with zero attached hydrogens (tertiary/aromatic N) is 1. The second kappa shape index (κ2) is 4.85. The number of pyridine rings is 1. The molecule has 0 saturated heterocycles. The Hall–Kier alpha value is -2.55. The summed E-state index contributed by atoms with van der Waals surface area (Å²) in [5.41, 5.74) is 3.86. The van der Waals surface area contributed by atoms with E-state index in [1.807, 2.05) is 59.1 Å². The van der Waals surface area contributed by atoms with Crippen LogP contribution in [0.25, 0.3) is 16.6 Å². The van der Waals surface area contributed by atoms with E-state index in [4.69, 9.17) is 4.74 Å². The summed E-state index contributed by atoms with van der Waals surface area (Å²) >= 11 is 0. The van der Waals surface area contributed by atoms with Gasteiger partial charge in [-0.3, -0.25) is 4.79 Å². The maximum Gasteiger partial charge on any atom is 0.176 e. The predicted molar refractivity (Wildman–Crippen MR) is 79.4 cm³/mol. The molecule has 0 fully saturated rings. The first-order chi connectivity index (χ1) is 9.70. The molecule has 3 nitrogen and oxygen atoms in total. The number of aromatic nitrogens is 1. The van der Waals surface area contributed by atoms with Crippen molar-refractivity contribution < 1.29 is 9.53 Å².